The van der Waals surface area contributed by atoms with Gasteiger partial charge in [0.25, 0.3) is 0 Å². The smallest absolute Gasteiger partial charge is 0.420 e. The van der Waals surface area contributed by atoms with Crippen LogP contribution in [0.2, 0.25) is 0 Å². The quantitative estimate of drug-likeness (QED) is 0.804. The summed E-state index contributed by atoms with van der Waals surface area (Å²) in [4.78, 5) is 0. The Balaban J connectivity index is 3.25. The van der Waals surface area contributed by atoms with Crippen molar-refractivity contribution >= 4 is 0 Å². The number of hydrogen-bond donors (Lipinski definition) is 1. The van der Waals surface area contributed by atoms with Crippen molar-refractivity contribution < 1.29 is 23.0 Å². The summed E-state index contributed by atoms with van der Waals surface area (Å²) in [5.74, 6) is -1.03. The molecule has 0 spiro atoms. The predicted molar refractivity (Wildman–Crippen MR) is 53.5 cm³/mol. The SMILES string of the molecule is CC(C)(C)Oc1c(O)cccc1C(F)(F)F. The Labute approximate surface area is 91.7 Å². The van der Waals surface area contributed by atoms with Crippen LogP contribution in [0.4, 0.5) is 13.2 Å². The van der Waals surface area contributed by atoms with Crippen LogP contribution in [0.1, 0.15) is 26.3 Å². The first-order chi connectivity index (χ1) is 7.11. The highest BCUT2D eigenvalue weighted by Gasteiger charge is 2.36. The van der Waals surface area contributed by atoms with Crippen LogP contribution in [-0.4, -0.2) is 10.7 Å². The number of phenolic OH excluding ortho intramolecular Hbond substituents is 1. The van der Waals surface area contributed by atoms with E-state index in [1.807, 2.05) is 0 Å². The fourth-order valence-electron chi connectivity index (χ4n) is 1.16. The second-order valence-electron chi connectivity index (χ2n) is 4.37. The molecule has 0 saturated carbocycles. The highest BCUT2D eigenvalue weighted by atomic mass is 19.4. The van der Waals surface area contributed by atoms with Crippen LogP contribution in [0.25, 0.3) is 0 Å². The highest BCUT2D eigenvalue weighted by molar-refractivity contribution is 5.47. The lowest BCUT2D eigenvalue weighted by atomic mass is 10.1. The summed E-state index contributed by atoms with van der Waals surface area (Å²) in [6, 6.07) is 3.17. The maximum Gasteiger partial charge on any atom is 0.420 e. The van der Waals surface area contributed by atoms with Crippen molar-refractivity contribution in [3.8, 4) is 11.5 Å². The van der Waals surface area contributed by atoms with E-state index in [0.29, 0.717) is 0 Å². The monoisotopic (exact) mass is 234 g/mol. The van der Waals surface area contributed by atoms with E-state index in [-0.39, 0.29) is 0 Å². The molecule has 0 amide bonds. The molecule has 0 aromatic heterocycles. The number of hydrogen-bond acceptors (Lipinski definition) is 2. The van der Waals surface area contributed by atoms with E-state index in [0.717, 1.165) is 18.2 Å². The van der Waals surface area contributed by atoms with E-state index < -0.39 is 28.8 Å². The molecule has 0 radical (unpaired) electrons. The van der Waals surface area contributed by atoms with E-state index in [4.69, 9.17) is 4.74 Å². The molecule has 1 aromatic rings. The van der Waals surface area contributed by atoms with Gasteiger partial charge in [0, 0.05) is 0 Å². The van der Waals surface area contributed by atoms with Gasteiger partial charge in [-0.05, 0) is 32.9 Å². The van der Waals surface area contributed by atoms with Gasteiger partial charge in [-0.1, -0.05) is 6.07 Å². The summed E-state index contributed by atoms with van der Waals surface area (Å²) >= 11 is 0. The average Bonchev–Trinajstić information content (AvgIpc) is 2.04. The second kappa shape index (κ2) is 3.88. The summed E-state index contributed by atoms with van der Waals surface area (Å²) in [6.45, 7) is 4.83. The number of phenols is 1. The van der Waals surface area contributed by atoms with Gasteiger partial charge in [-0.3, -0.25) is 0 Å². The Morgan fingerprint density at radius 2 is 1.69 bits per heavy atom. The molecule has 1 aromatic carbocycles. The third kappa shape index (κ3) is 3.05. The molecule has 0 aliphatic rings. The summed E-state index contributed by atoms with van der Waals surface area (Å²) < 4.78 is 43.0. The molecule has 0 aliphatic carbocycles. The lowest BCUT2D eigenvalue weighted by Crippen LogP contribution is -2.24. The van der Waals surface area contributed by atoms with Crippen molar-refractivity contribution in [2.75, 3.05) is 0 Å². The highest BCUT2D eigenvalue weighted by Crippen LogP contribution is 2.42. The third-order valence-corrected chi connectivity index (χ3v) is 1.71. The van der Waals surface area contributed by atoms with Crippen LogP contribution in [0, 0.1) is 0 Å². The van der Waals surface area contributed by atoms with Crippen LogP contribution in [0.3, 0.4) is 0 Å². The normalized spacial score (nSPS) is 12.6. The van der Waals surface area contributed by atoms with Crippen molar-refractivity contribution in [2.45, 2.75) is 32.5 Å². The fraction of sp³-hybridized carbons (Fsp3) is 0.455. The van der Waals surface area contributed by atoms with Crippen molar-refractivity contribution in [3.63, 3.8) is 0 Å². The molecule has 0 heterocycles. The van der Waals surface area contributed by atoms with Gasteiger partial charge >= 0.3 is 6.18 Å². The number of alkyl halides is 3. The van der Waals surface area contributed by atoms with E-state index >= 15 is 0 Å². The molecule has 0 fully saturated rings. The molecule has 16 heavy (non-hydrogen) atoms. The van der Waals surface area contributed by atoms with Crippen molar-refractivity contribution in [3.05, 3.63) is 23.8 Å². The maximum absolute atomic E-state index is 12.6. The van der Waals surface area contributed by atoms with Gasteiger partial charge in [0.15, 0.2) is 11.5 Å². The van der Waals surface area contributed by atoms with Gasteiger partial charge in [-0.2, -0.15) is 13.2 Å². The van der Waals surface area contributed by atoms with Gasteiger partial charge in [-0.25, -0.2) is 0 Å². The van der Waals surface area contributed by atoms with Gasteiger partial charge < -0.3 is 9.84 Å². The number of aromatic hydroxyl groups is 1. The Hall–Kier alpha value is -1.39. The Kier molecular flexibility index (Phi) is 3.08. The molecule has 90 valence electrons. The largest absolute Gasteiger partial charge is 0.504 e. The van der Waals surface area contributed by atoms with Gasteiger partial charge in [0.05, 0.1) is 0 Å². The summed E-state index contributed by atoms with van der Waals surface area (Å²) in [7, 11) is 0. The molecule has 2 nitrogen and oxygen atoms in total. The number of ether oxygens (including phenoxy) is 1. The molecule has 1 N–H and O–H groups in total. The number of rotatable bonds is 1. The minimum Gasteiger partial charge on any atom is -0.504 e. The van der Waals surface area contributed by atoms with E-state index in [1.165, 1.54) is 0 Å². The summed E-state index contributed by atoms with van der Waals surface area (Å²) in [5, 5.41) is 9.39. The zero-order chi connectivity index (χ0) is 12.6. The first-order valence-corrected chi connectivity index (χ1v) is 4.69. The number of benzene rings is 1. The molecule has 0 bridgehead atoms. The zero-order valence-electron chi connectivity index (χ0n) is 9.22. The van der Waals surface area contributed by atoms with Crippen LogP contribution in [-0.2, 0) is 6.18 Å². The number of halogens is 3. The first-order valence-electron chi connectivity index (χ1n) is 4.69. The Morgan fingerprint density at radius 1 is 1.12 bits per heavy atom. The van der Waals surface area contributed by atoms with Crippen molar-refractivity contribution in [1.82, 2.24) is 0 Å². The second-order valence-corrected chi connectivity index (χ2v) is 4.37. The first kappa shape index (κ1) is 12.7. The maximum atomic E-state index is 12.6. The molecule has 0 saturated heterocycles. The fourth-order valence-corrected chi connectivity index (χ4v) is 1.16. The lowest BCUT2D eigenvalue weighted by Gasteiger charge is -2.24. The van der Waals surface area contributed by atoms with Crippen molar-refractivity contribution in [1.29, 1.82) is 0 Å². The van der Waals surface area contributed by atoms with Gasteiger partial charge in [-0.15, -0.1) is 0 Å². The van der Waals surface area contributed by atoms with Gasteiger partial charge in [0.2, 0.25) is 0 Å². The van der Waals surface area contributed by atoms with E-state index in [2.05, 4.69) is 0 Å². The molecule has 0 aliphatic heterocycles. The summed E-state index contributed by atoms with van der Waals surface area (Å²) in [5.41, 5.74) is -1.78. The van der Waals surface area contributed by atoms with Crippen LogP contribution in [0.15, 0.2) is 18.2 Å². The Bertz CT molecular complexity index is 378. The minimum atomic E-state index is -4.54. The van der Waals surface area contributed by atoms with Crippen molar-refractivity contribution in [2.24, 2.45) is 0 Å². The topological polar surface area (TPSA) is 29.5 Å². The third-order valence-electron chi connectivity index (χ3n) is 1.71. The predicted octanol–water partition coefficient (Wildman–Crippen LogP) is 3.59. The van der Waals surface area contributed by atoms with Crippen LogP contribution < -0.4 is 4.74 Å². The Morgan fingerprint density at radius 3 is 2.12 bits per heavy atom. The van der Waals surface area contributed by atoms with Crippen LogP contribution in [0.5, 0.6) is 11.5 Å². The molecular formula is C11H13F3O2. The molecule has 1 rings (SSSR count). The van der Waals surface area contributed by atoms with Crippen LogP contribution >= 0.6 is 0 Å². The van der Waals surface area contributed by atoms with Gasteiger partial charge in [0.1, 0.15) is 11.2 Å². The molecular weight excluding hydrogens is 221 g/mol. The molecule has 0 unspecified atom stereocenters. The summed E-state index contributed by atoms with van der Waals surface area (Å²) in [6.07, 6.45) is -4.54. The number of para-hydroxylation sites is 1. The molecule has 0 atom stereocenters. The minimum absolute atomic E-state index is 0.509. The van der Waals surface area contributed by atoms with E-state index in [9.17, 15) is 18.3 Å². The van der Waals surface area contributed by atoms with E-state index in [1.54, 1.807) is 20.8 Å². The lowest BCUT2D eigenvalue weighted by molar-refractivity contribution is -0.139. The average molecular weight is 234 g/mol. The standard InChI is InChI=1S/C11H13F3O2/c1-10(2,3)16-9-7(11(12,13)14)5-4-6-8(9)15/h4-6,15H,1-3H3. The zero-order valence-corrected chi connectivity index (χ0v) is 9.22. The molecule has 5 heteroatoms.